The number of nitrogens with one attached hydrogen (secondary N) is 2. The molecule has 0 aromatic heterocycles. The minimum Gasteiger partial charge on any atom is -0.355 e. The number of carbonyl (C=O) groups excluding carboxylic acids is 2. The van der Waals surface area contributed by atoms with Crippen LogP contribution in [0.15, 0.2) is 18.2 Å². The molecule has 2 amide bonds. The van der Waals surface area contributed by atoms with E-state index in [1.54, 1.807) is 46.0 Å². The summed E-state index contributed by atoms with van der Waals surface area (Å²) < 4.78 is -0.650. The summed E-state index contributed by atoms with van der Waals surface area (Å²) >= 11 is 3.30. The van der Waals surface area contributed by atoms with Gasteiger partial charge < -0.3 is 10.6 Å². The minimum absolute atomic E-state index is 0.153. The van der Waals surface area contributed by atoms with Gasteiger partial charge in [-0.3, -0.25) is 9.59 Å². The number of anilines is 1. The number of halogens is 1. The van der Waals surface area contributed by atoms with Crippen LogP contribution in [0.5, 0.6) is 0 Å². The van der Waals surface area contributed by atoms with E-state index in [0.717, 1.165) is 5.56 Å². The summed E-state index contributed by atoms with van der Waals surface area (Å²) in [5.74, 6) is -0.318. The van der Waals surface area contributed by atoms with Crippen molar-refractivity contribution in [3.63, 3.8) is 0 Å². The van der Waals surface area contributed by atoms with Crippen molar-refractivity contribution < 1.29 is 9.59 Å². The zero-order chi connectivity index (χ0) is 13.9. The van der Waals surface area contributed by atoms with Crippen LogP contribution in [0.3, 0.4) is 0 Å². The molecule has 0 saturated carbocycles. The molecule has 0 saturated heterocycles. The molecule has 18 heavy (non-hydrogen) atoms. The predicted molar refractivity (Wildman–Crippen MR) is 76.2 cm³/mol. The third-order valence-electron chi connectivity index (χ3n) is 2.59. The van der Waals surface area contributed by atoms with E-state index in [4.69, 9.17) is 0 Å². The Hall–Kier alpha value is -1.36. The van der Waals surface area contributed by atoms with Crippen LogP contribution in [0.1, 0.15) is 29.8 Å². The molecule has 0 spiro atoms. The molecule has 0 aliphatic rings. The molecule has 1 rings (SSSR count). The Morgan fingerprint density at radius 2 is 1.89 bits per heavy atom. The highest BCUT2D eigenvalue weighted by molar-refractivity contribution is 9.10. The molecule has 98 valence electrons. The molecular weight excluding hydrogens is 296 g/mol. The van der Waals surface area contributed by atoms with Crippen molar-refractivity contribution in [1.82, 2.24) is 5.32 Å². The van der Waals surface area contributed by atoms with Crippen LogP contribution in [0.4, 0.5) is 5.69 Å². The fraction of sp³-hybridized carbons (Fsp3) is 0.385. The van der Waals surface area contributed by atoms with E-state index in [0.29, 0.717) is 11.3 Å². The van der Waals surface area contributed by atoms with Gasteiger partial charge in [0.25, 0.3) is 5.91 Å². The molecular formula is C13H17BrN2O2. The van der Waals surface area contributed by atoms with Crippen LogP contribution in [-0.2, 0) is 4.79 Å². The molecule has 1 aromatic rings. The van der Waals surface area contributed by atoms with E-state index in [1.165, 1.54) is 0 Å². The Morgan fingerprint density at radius 3 is 2.39 bits per heavy atom. The standard InChI is InChI=1S/C13H17BrN2O2/c1-8-9(11(17)15-4)6-5-7-10(8)16-12(18)13(2,3)14/h5-7H,1-4H3,(H,15,17)(H,16,18). The third kappa shape index (κ3) is 3.32. The summed E-state index contributed by atoms with van der Waals surface area (Å²) in [6.07, 6.45) is 0. The first-order chi connectivity index (χ1) is 8.27. The molecule has 0 aliphatic heterocycles. The molecule has 4 nitrogen and oxygen atoms in total. The number of hydrogen-bond acceptors (Lipinski definition) is 2. The van der Waals surface area contributed by atoms with Crippen molar-refractivity contribution in [1.29, 1.82) is 0 Å². The van der Waals surface area contributed by atoms with E-state index < -0.39 is 4.32 Å². The smallest absolute Gasteiger partial charge is 0.251 e. The number of carbonyl (C=O) groups is 2. The Labute approximate surface area is 115 Å². The van der Waals surface area contributed by atoms with Gasteiger partial charge in [-0.2, -0.15) is 0 Å². The quantitative estimate of drug-likeness (QED) is 0.842. The molecule has 0 fully saturated rings. The molecule has 0 heterocycles. The number of rotatable bonds is 3. The van der Waals surface area contributed by atoms with Gasteiger partial charge in [-0.25, -0.2) is 0 Å². The lowest BCUT2D eigenvalue weighted by molar-refractivity contribution is -0.117. The first kappa shape index (κ1) is 14.7. The maximum atomic E-state index is 11.9. The lowest BCUT2D eigenvalue weighted by atomic mass is 10.1. The maximum absolute atomic E-state index is 11.9. The Kier molecular flexibility index (Phi) is 4.51. The van der Waals surface area contributed by atoms with E-state index in [2.05, 4.69) is 26.6 Å². The second kappa shape index (κ2) is 5.52. The van der Waals surface area contributed by atoms with Crippen molar-refractivity contribution in [3.8, 4) is 0 Å². The lowest BCUT2D eigenvalue weighted by Gasteiger charge is -2.18. The van der Waals surface area contributed by atoms with Crippen LogP contribution >= 0.6 is 15.9 Å². The van der Waals surface area contributed by atoms with Gasteiger partial charge >= 0.3 is 0 Å². The summed E-state index contributed by atoms with van der Waals surface area (Å²) in [6, 6.07) is 5.25. The molecule has 0 bridgehead atoms. The second-order valence-electron chi connectivity index (χ2n) is 4.48. The van der Waals surface area contributed by atoms with Gasteiger partial charge in [-0.1, -0.05) is 22.0 Å². The van der Waals surface area contributed by atoms with E-state index in [9.17, 15) is 9.59 Å². The van der Waals surface area contributed by atoms with Gasteiger partial charge in [0.1, 0.15) is 0 Å². The SMILES string of the molecule is CNC(=O)c1cccc(NC(=O)C(C)(C)Br)c1C. The van der Waals surface area contributed by atoms with Gasteiger partial charge in [0.15, 0.2) is 0 Å². The normalized spacial score (nSPS) is 10.9. The van der Waals surface area contributed by atoms with Gasteiger partial charge in [0.05, 0.1) is 4.32 Å². The van der Waals surface area contributed by atoms with Crippen molar-refractivity contribution >= 4 is 33.4 Å². The Bertz CT molecular complexity index is 478. The summed E-state index contributed by atoms with van der Waals surface area (Å²) in [5, 5.41) is 5.38. The van der Waals surface area contributed by atoms with Crippen molar-refractivity contribution in [3.05, 3.63) is 29.3 Å². The van der Waals surface area contributed by atoms with Gasteiger partial charge in [0.2, 0.25) is 5.91 Å². The van der Waals surface area contributed by atoms with Gasteiger partial charge in [-0.15, -0.1) is 0 Å². The van der Waals surface area contributed by atoms with E-state index in [1.807, 2.05) is 0 Å². The average molecular weight is 313 g/mol. The van der Waals surface area contributed by atoms with Crippen LogP contribution < -0.4 is 10.6 Å². The highest BCUT2D eigenvalue weighted by Gasteiger charge is 2.24. The number of alkyl halides is 1. The summed E-state index contributed by atoms with van der Waals surface area (Å²) in [4.78, 5) is 23.5. The summed E-state index contributed by atoms with van der Waals surface area (Å²) in [6.45, 7) is 5.34. The lowest BCUT2D eigenvalue weighted by Crippen LogP contribution is -2.31. The molecule has 0 atom stereocenters. The highest BCUT2D eigenvalue weighted by Crippen LogP contribution is 2.23. The molecule has 0 aliphatic carbocycles. The first-order valence-electron chi connectivity index (χ1n) is 5.59. The molecule has 5 heteroatoms. The zero-order valence-electron chi connectivity index (χ0n) is 10.9. The number of amides is 2. The maximum Gasteiger partial charge on any atom is 0.251 e. The highest BCUT2D eigenvalue weighted by atomic mass is 79.9. The summed E-state index contributed by atoms with van der Waals surface area (Å²) in [5.41, 5.74) is 1.96. The average Bonchev–Trinajstić information content (AvgIpc) is 2.29. The monoisotopic (exact) mass is 312 g/mol. The fourth-order valence-corrected chi connectivity index (χ4v) is 1.52. The molecule has 0 radical (unpaired) electrons. The largest absolute Gasteiger partial charge is 0.355 e. The topological polar surface area (TPSA) is 58.2 Å². The van der Waals surface area contributed by atoms with Crippen LogP contribution in [-0.4, -0.2) is 23.2 Å². The Morgan fingerprint density at radius 1 is 1.28 bits per heavy atom. The van der Waals surface area contributed by atoms with E-state index >= 15 is 0 Å². The van der Waals surface area contributed by atoms with Crippen LogP contribution in [0.25, 0.3) is 0 Å². The molecule has 1 aromatic carbocycles. The molecule has 0 unspecified atom stereocenters. The summed E-state index contributed by atoms with van der Waals surface area (Å²) in [7, 11) is 1.58. The van der Waals surface area contributed by atoms with E-state index in [-0.39, 0.29) is 11.8 Å². The van der Waals surface area contributed by atoms with Crippen LogP contribution in [0.2, 0.25) is 0 Å². The van der Waals surface area contributed by atoms with Gasteiger partial charge in [0, 0.05) is 18.3 Å². The van der Waals surface area contributed by atoms with Crippen molar-refractivity contribution in [2.45, 2.75) is 25.1 Å². The predicted octanol–water partition coefficient (Wildman–Crippen LogP) is 2.47. The van der Waals surface area contributed by atoms with Crippen molar-refractivity contribution in [2.24, 2.45) is 0 Å². The first-order valence-corrected chi connectivity index (χ1v) is 6.38. The van der Waals surface area contributed by atoms with Gasteiger partial charge in [-0.05, 0) is 38.5 Å². The second-order valence-corrected chi connectivity index (χ2v) is 6.47. The van der Waals surface area contributed by atoms with Crippen molar-refractivity contribution in [2.75, 3.05) is 12.4 Å². The third-order valence-corrected chi connectivity index (χ3v) is 2.95. The fourth-order valence-electron chi connectivity index (χ4n) is 1.42. The minimum atomic E-state index is -0.650. The van der Waals surface area contributed by atoms with Crippen LogP contribution in [0, 0.1) is 6.92 Å². The Balaban J connectivity index is 3.05. The number of hydrogen-bond donors (Lipinski definition) is 2. The number of benzene rings is 1. The molecule has 2 N–H and O–H groups in total. The zero-order valence-corrected chi connectivity index (χ0v) is 12.5.